The zero-order valence-corrected chi connectivity index (χ0v) is 18.2. The predicted octanol–water partition coefficient (Wildman–Crippen LogP) is 3.31. The Morgan fingerprint density at radius 2 is 1.57 bits per heavy atom. The minimum atomic E-state index is -3.61. The molecule has 2 heterocycles. The van der Waals surface area contributed by atoms with Crippen LogP contribution >= 0.6 is 0 Å². The number of amides is 1. The molecule has 0 unspecified atom stereocenters. The Balaban J connectivity index is 1.55. The Hall–Kier alpha value is -2.77. The fourth-order valence-electron chi connectivity index (χ4n) is 4.28. The molecule has 4 rings (SSSR count). The number of benzene rings is 2. The molecule has 30 heavy (non-hydrogen) atoms. The molecule has 1 aliphatic heterocycles. The highest BCUT2D eigenvalue weighted by Crippen LogP contribution is 2.26. The number of pyridine rings is 1. The van der Waals surface area contributed by atoms with E-state index in [1.807, 2.05) is 57.2 Å². The lowest BCUT2D eigenvalue weighted by Crippen LogP contribution is -2.50. The molecular formula is C23H25N3O3S. The van der Waals surface area contributed by atoms with Gasteiger partial charge in [-0.15, -0.1) is 0 Å². The number of aryl methyl sites for hydroxylation is 3. The topological polar surface area (TPSA) is 70.6 Å². The van der Waals surface area contributed by atoms with Gasteiger partial charge in [-0.1, -0.05) is 35.9 Å². The summed E-state index contributed by atoms with van der Waals surface area (Å²) in [7, 11) is -3.61. The number of para-hydroxylation sites is 1. The van der Waals surface area contributed by atoms with Crippen LogP contribution in [0.15, 0.2) is 53.6 Å². The number of carbonyl (C=O) groups is 1. The highest BCUT2D eigenvalue weighted by Gasteiger charge is 2.32. The maximum atomic E-state index is 13.3. The second kappa shape index (κ2) is 7.81. The lowest BCUT2D eigenvalue weighted by molar-refractivity contribution is 0.0699. The quantitative estimate of drug-likeness (QED) is 0.648. The molecule has 0 spiro atoms. The SMILES string of the molecule is Cc1cc(C)c(S(=O)(=O)N2CCN(C(=O)c3cccc4cccnc34)CC2)c(C)c1. The van der Waals surface area contributed by atoms with Crippen molar-refractivity contribution in [3.05, 3.63) is 70.9 Å². The van der Waals surface area contributed by atoms with Gasteiger partial charge in [0.05, 0.1) is 16.0 Å². The van der Waals surface area contributed by atoms with Crippen LogP contribution in [0.25, 0.3) is 10.9 Å². The van der Waals surface area contributed by atoms with Gasteiger partial charge in [0.15, 0.2) is 0 Å². The zero-order valence-electron chi connectivity index (χ0n) is 17.4. The summed E-state index contributed by atoms with van der Waals surface area (Å²) >= 11 is 0. The second-order valence-electron chi connectivity index (χ2n) is 7.80. The minimum absolute atomic E-state index is 0.112. The van der Waals surface area contributed by atoms with Gasteiger partial charge in [-0.2, -0.15) is 4.31 Å². The number of rotatable bonds is 3. The third-order valence-electron chi connectivity index (χ3n) is 5.59. The molecule has 0 N–H and O–H groups in total. The zero-order chi connectivity index (χ0) is 21.5. The largest absolute Gasteiger partial charge is 0.336 e. The monoisotopic (exact) mass is 423 g/mol. The summed E-state index contributed by atoms with van der Waals surface area (Å²) in [4.78, 5) is 19.6. The molecule has 0 bridgehead atoms. The van der Waals surface area contributed by atoms with Crippen LogP contribution in [0.2, 0.25) is 0 Å². The van der Waals surface area contributed by atoms with Crippen molar-refractivity contribution in [2.45, 2.75) is 25.7 Å². The van der Waals surface area contributed by atoms with Crippen molar-refractivity contribution in [2.75, 3.05) is 26.2 Å². The smallest absolute Gasteiger partial charge is 0.256 e. The third kappa shape index (κ3) is 3.59. The van der Waals surface area contributed by atoms with E-state index < -0.39 is 10.0 Å². The van der Waals surface area contributed by atoms with Crippen LogP contribution < -0.4 is 0 Å². The highest BCUT2D eigenvalue weighted by atomic mass is 32.2. The van der Waals surface area contributed by atoms with Crippen molar-refractivity contribution in [1.82, 2.24) is 14.2 Å². The summed E-state index contributed by atoms with van der Waals surface area (Å²) < 4.78 is 28.0. The fourth-order valence-corrected chi connectivity index (χ4v) is 6.12. The lowest BCUT2D eigenvalue weighted by Gasteiger charge is -2.34. The van der Waals surface area contributed by atoms with Gasteiger partial charge >= 0.3 is 0 Å². The summed E-state index contributed by atoms with van der Waals surface area (Å²) in [6.45, 7) is 6.89. The van der Waals surface area contributed by atoms with Crippen molar-refractivity contribution < 1.29 is 13.2 Å². The van der Waals surface area contributed by atoms with E-state index >= 15 is 0 Å². The molecule has 0 aliphatic carbocycles. The van der Waals surface area contributed by atoms with Gasteiger partial charge in [0, 0.05) is 37.8 Å². The highest BCUT2D eigenvalue weighted by molar-refractivity contribution is 7.89. The summed E-state index contributed by atoms with van der Waals surface area (Å²) in [5, 5.41) is 0.912. The van der Waals surface area contributed by atoms with Gasteiger partial charge in [0.1, 0.15) is 0 Å². The van der Waals surface area contributed by atoms with Crippen LogP contribution in [0.1, 0.15) is 27.0 Å². The lowest BCUT2D eigenvalue weighted by atomic mass is 10.1. The van der Waals surface area contributed by atoms with Gasteiger partial charge in [0.2, 0.25) is 10.0 Å². The number of aromatic nitrogens is 1. The molecule has 1 amide bonds. The van der Waals surface area contributed by atoms with Crippen molar-refractivity contribution in [3.8, 4) is 0 Å². The second-order valence-corrected chi connectivity index (χ2v) is 9.68. The number of hydrogen-bond acceptors (Lipinski definition) is 4. The molecular weight excluding hydrogens is 398 g/mol. The first kappa shape index (κ1) is 20.5. The van der Waals surface area contributed by atoms with Crippen LogP contribution in [0.4, 0.5) is 0 Å². The Morgan fingerprint density at radius 3 is 2.23 bits per heavy atom. The third-order valence-corrected chi connectivity index (χ3v) is 7.80. The Morgan fingerprint density at radius 1 is 0.933 bits per heavy atom. The van der Waals surface area contributed by atoms with E-state index in [-0.39, 0.29) is 19.0 Å². The van der Waals surface area contributed by atoms with E-state index in [9.17, 15) is 13.2 Å². The van der Waals surface area contributed by atoms with Crippen LogP contribution in [-0.4, -0.2) is 54.7 Å². The molecule has 156 valence electrons. The average Bonchev–Trinajstić information content (AvgIpc) is 2.72. The summed E-state index contributed by atoms with van der Waals surface area (Å²) in [6.07, 6.45) is 1.68. The Labute approximate surface area is 177 Å². The van der Waals surface area contributed by atoms with E-state index in [2.05, 4.69) is 4.98 Å². The number of carbonyl (C=O) groups excluding carboxylic acids is 1. The Bertz CT molecular complexity index is 1200. The molecule has 0 atom stereocenters. The normalized spacial score (nSPS) is 15.5. The molecule has 0 radical (unpaired) electrons. The number of fused-ring (bicyclic) bond motifs is 1. The first-order valence-corrected chi connectivity index (χ1v) is 11.4. The summed E-state index contributed by atoms with van der Waals surface area (Å²) in [5.41, 5.74) is 3.78. The van der Waals surface area contributed by atoms with Crippen molar-refractivity contribution in [3.63, 3.8) is 0 Å². The van der Waals surface area contributed by atoms with Crippen LogP contribution in [-0.2, 0) is 10.0 Å². The molecule has 7 heteroatoms. The van der Waals surface area contributed by atoms with Crippen LogP contribution in [0, 0.1) is 20.8 Å². The van der Waals surface area contributed by atoms with Gasteiger partial charge in [-0.05, 0) is 44.0 Å². The van der Waals surface area contributed by atoms with E-state index in [4.69, 9.17) is 0 Å². The maximum Gasteiger partial charge on any atom is 0.256 e. The number of hydrogen-bond donors (Lipinski definition) is 0. The molecule has 1 aliphatic rings. The minimum Gasteiger partial charge on any atom is -0.336 e. The molecule has 1 fully saturated rings. The van der Waals surface area contributed by atoms with E-state index in [1.165, 1.54) is 4.31 Å². The number of nitrogens with zero attached hydrogens (tertiary/aromatic N) is 3. The number of piperazine rings is 1. The Kier molecular flexibility index (Phi) is 5.34. The predicted molar refractivity (Wildman–Crippen MR) is 117 cm³/mol. The van der Waals surface area contributed by atoms with Gasteiger partial charge in [-0.25, -0.2) is 8.42 Å². The first-order chi connectivity index (χ1) is 14.3. The van der Waals surface area contributed by atoms with E-state index in [0.717, 1.165) is 22.1 Å². The molecule has 0 saturated carbocycles. The average molecular weight is 424 g/mol. The molecule has 1 aromatic heterocycles. The molecule has 1 saturated heterocycles. The summed E-state index contributed by atoms with van der Waals surface area (Å²) in [5.74, 6) is -0.112. The van der Waals surface area contributed by atoms with Crippen molar-refractivity contribution in [2.24, 2.45) is 0 Å². The van der Waals surface area contributed by atoms with Gasteiger partial charge in [-0.3, -0.25) is 9.78 Å². The van der Waals surface area contributed by atoms with Gasteiger partial charge in [0.25, 0.3) is 5.91 Å². The first-order valence-electron chi connectivity index (χ1n) is 10.00. The molecule has 2 aromatic carbocycles. The molecule has 6 nitrogen and oxygen atoms in total. The fraction of sp³-hybridized carbons (Fsp3) is 0.304. The van der Waals surface area contributed by atoms with Gasteiger partial charge < -0.3 is 4.90 Å². The van der Waals surface area contributed by atoms with Crippen LogP contribution in [0.3, 0.4) is 0 Å². The van der Waals surface area contributed by atoms with E-state index in [0.29, 0.717) is 29.1 Å². The van der Waals surface area contributed by atoms with E-state index in [1.54, 1.807) is 17.2 Å². The molecule has 3 aromatic rings. The standard InChI is InChI=1S/C23H25N3O3S/c1-16-14-17(2)22(18(3)15-16)30(28,29)26-12-10-25(11-13-26)23(27)20-8-4-6-19-7-5-9-24-21(19)20/h4-9,14-15H,10-13H2,1-3H3. The number of sulfonamides is 1. The van der Waals surface area contributed by atoms with Crippen molar-refractivity contribution in [1.29, 1.82) is 0 Å². The maximum absolute atomic E-state index is 13.3. The van der Waals surface area contributed by atoms with Crippen molar-refractivity contribution >= 4 is 26.8 Å². The summed E-state index contributed by atoms with van der Waals surface area (Å²) in [6, 6.07) is 13.1. The van der Waals surface area contributed by atoms with Crippen LogP contribution in [0.5, 0.6) is 0 Å².